The average Bonchev–Trinajstić information content (AvgIpc) is 3.24. The summed E-state index contributed by atoms with van der Waals surface area (Å²) in [6.45, 7) is 0. The summed E-state index contributed by atoms with van der Waals surface area (Å²) in [6, 6.07) is 17.6. The van der Waals surface area contributed by atoms with Crippen LogP contribution >= 0.6 is 0 Å². The number of fused-ring (bicyclic) bond motifs is 1. The molecule has 4 aromatic rings. The van der Waals surface area contributed by atoms with Crippen molar-refractivity contribution in [3.63, 3.8) is 0 Å². The second-order valence-corrected chi connectivity index (χ2v) is 5.68. The number of aromatic nitrogens is 3. The Morgan fingerprint density at radius 1 is 1.08 bits per heavy atom. The molecule has 0 aliphatic carbocycles. The number of aromatic amines is 2. The number of H-pyrrole nitrogens is 2. The van der Waals surface area contributed by atoms with Crippen LogP contribution in [0.2, 0.25) is 0 Å². The molecule has 0 saturated carbocycles. The summed E-state index contributed by atoms with van der Waals surface area (Å²) < 4.78 is 0. The minimum atomic E-state index is -0.0221. The number of nitrogens with zero attached hydrogens (tertiary/aromatic N) is 1. The molecule has 0 aliphatic rings. The van der Waals surface area contributed by atoms with Crippen molar-refractivity contribution in [3.8, 4) is 11.3 Å². The highest BCUT2D eigenvalue weighted by atomic mass is 16.1. The number of hydrogen-bond donors (Lipinski definition) is 3. The Balaban J connectivity index is 1.53. The van der Waals surface area contributed by atoms with Crippen molar-refractivity contribution >= 4 is 22.5 Å². The Bertz CT molecular complexity index is 971. The second-order valence-electron chi connectivity index (χ2n) is 5.68. The molecule has 0 aliphatic heterocycles. The van der Waals surface area contributed by atoms with Gasteiger partial charge in [0.1, 0.15) is 0 Å². The van der Waals surface area contributed by atoms with Crippen LogP contribution in [0.1, 0.15) is 5.56 Å². The molecule has 5 nitrogen and oxygen atoms in total. The first-order valence-electron chi connectivity index (χ1n) is 7.74. The van der Waals surface area contributed by atoms with Gasteiger partial charge in [0, 0.05) is 34.0 Å². The lowest BCUT2D eigenvalue weighted by atomic mass is 10.1. The monoisotopic (exact) mass is 316 g/mol. The van der Waals surface area contributed by atoms with Gasteiger partial charge in [-0.2, -0.15) is 5.10 Å². The molecule has 0 atom stereocenters. The molecule has 0 bridgehead atoms. The minimum absolute atomic E-state index is 0.0221. The quantitative estimate of drug-likeness (QED) is 0.536. The van der Waals surface area contributed by atoms with Crippen LogP contribution in [0.5, 0.6) is 0 Å². The topological polar surface area (TPSA) is 73.6 Å². The molecule has 1 amide bonds. The van der Waals surface area contributed by atoms with Crippen molar-refractivity contribution in [2.45, 2.75) is 6.42 Å². The summed E-state index contributed by atoms with van der Waals surface area (Å²) in [5, 5.41) is 10.8. The third kappa shape index (κ3) is 2.92. The molecular weight excluding hydrogens is 300 g/mol. The largest absolute Gasteiger partial charge is 0.354 e. The van der Waals surface area contributed by atoms with E-state index in [2.05, 4.69) is 20.5 Å². The SMILES string of the molecule is O=C(Cc1ccccc1)Nc1ccc2[nH]c(-c3cn[nH]c3)cc2c1. The van der Waals surface area contributed by atoms with Crippen molar-refractivity contribution in [2.75, 3.05) is 5.32 Å². The lowest BCUT2D eigenvalue weighted by Crippen LogP contribution is -2.14. The molecule has 2 aromatic heterocycles. The fourth-order valence-corrected chi connectivity index (χ4v) is 2.75. The number of nitrogens with one attached hydrogen (secondary N) is 3. The lowest BCUT2D eigenvalue weighted by molar-refractivity contribution is -0.115. The summed E-state index contributed by atoms with van der Waals surface area (Å²) in [7, 11) is 0. The lowest BCUT2D eigenvalue weighted by Gasteiger charge is -2.05. The van der Waals surface area contributed by atoms with Gasteiger partial charge in [-0.3, -0.25) is 9.89 Å². The van der Waals surface area contributed by atoms with Crippen molar-refractivity contribution < 1.29 is 4.79 Å². The fourth-order valence-electron chi connectivity index (χ4n) is 2.75. The molecule has 2 heterocycles. The van der Waals surface area contributed by atoms with E-state index in [0.717, 1.165) is 33.4 Å². The predicted molar refractivity (Wildman–Crippen MR) is 94.7 cm³/mol. The molecule has 0 unspecified atom stereocenters. The molecule has 0 radical (unpaired) electrons. The molecule has 5 heteroatoms. The van der Waals surface area contributed by atoms with Crippen LogP contribution in [0.4, 0.5) is 5.69 Å². The Kier molecular flexibility index (Phi) is 3.59. The van der Waals surface area contributed by atoms with Gasteiger partial charge in [0.2, 0.25) is 5.91 Å². The molecule has 4 rings (SSSR count). The fraction of sp³-hybridized carbons (Fsp3) is 0.0526. The summed E-state index contributed by atoms with van der Waals surface area (Å²) in [4.78, 5) is 15.5. The number of hydrogen-bond acceptors (Lipinski definition) is 2. The van der Waals surface area contributed by atoms with Gasteiger partial charge in [-0.05, 0) is 29.8 Å². The second kappa shape index (κ2) is 6.04. The van der Waals surface area contributed by atoms with Crippen LogP contribution in [-0.2, 0) is 11.2 Å². The number of anilines is 1. The predicted octanol–water partition coefficient (Wildman–Crippen LogP) is 3.74. The zero-order valence-corrected chi connectivity index (χ0v) is 12.9. The van der Waals surface area contributed by atoms with Crippen molar-refractivity contribution in [1.29, 1.82) is 0 Å². The van der Waals surface area contributed by atoms with Crippen molar-refractivity contribution in [3.05, 3.63) is 72.6 Å². The summed E-state index contributed by atoms with van der Waals surface area (Å²) in [5.74, 6) is -0.0221. The number of carbonyl (C=O) groups excluding carboxylic acids is 1. The first-order valence-corrected chi connectivity index (χ1v) is 7.74. The number of amides is 1. The van der Waals surface area contributed by atoms with Gasteiger partial charge < -0.3 is 10.3 Å². The molecule has 118 valence electrons. The van der Waals surface area contributed by atoms with E-state index in [0.29, 0.717) is 6.42 Å². The zero-order valence-electron chi connectivity index (χ0n) is 12.9. The number of carbonyl (C=O) groups is 1. The van der Waals surface area contributed by atoms with Crippen LogP contribution in [0.3, 0.4) is 0 Å². The van der Waals surface area contributed by atoms with Crippen molar-refractivity contribution in [2.24, 2.45) is 0 Å². The molecule has 24 heavy (non-hydrogen) atoms. The maximum Gasteiger partial charge on any atom is 0.228 e. The molecule has 0 spiro atoms. The van der Waals surface area contributed by atoms with Crippen LogP contribution < -0.4 is 5.32 Å². The van der Waals surface area contributed by atoms with Gasteiger partial charge in [-0.15, -0.1) is 0 Å². The summed E-state index contributed by atoms with van der Waals surface area (Å²) >= 11 is 0. The standard InChI is InChI=1S/C19H16N4O/c24-19(8-13-4-2-1-3-5-13)22-16-6-7-17-14(9-16)10-18(23-17)15-11-20-21-12-15/h1-7,9-12,23H,8H2,(H,20,21)(H,22,24). The highest BCUT2D eigenvalue weighted by molar-refractivity contribution is 5.95. The smallest absolute Gasteiger partial charge is 0.228 e. The molecular formula is C19H16N4O. The maximum atomic E-state index is 12.2. The molecule has 3 N–H and O–H groups in total. The van der Waals surface area contributed by atoms with Gasteiger partial charge in [0.25, 0.3) is 0 Å². The Morgan fingerprint density at radius 2 is 1.96 bits per heavy atom. The zero-order chi connectivity index (χ0) is 16.4. The summed E-state index contributed by atoms with van der Waals surface area (Å²) in [6.07, 6.45) is 3.98. The van der Waals surface area contributed by atoms with E-state index in [9.17, 15) is 4.79 Å². The molecule has 0 fully saturated rings. The van der Waals surface area contributed by atoms with Crippen LogP contribution in [0, 0.1) is 0 Å². The van der Waals surface area contributed by atoms with Gasteiger partial charge in [-0.25, -0.2) is 0 Å². The molecule has 0 saturated heterocycles. The van der Waals surface area contributed by atoms with E-state index < -0.39 is 0 Å². The van der Waals surface area contributed by atoms with Gasteiger partial charge in [0.05, 0.1) is 12.6 Å². The van der Waals surface area contributed by atoms with Crippen LogP contribution in [0.25, 0.3) is 22.2 Å². The van der Waals surface area contributed by atoms with E-state index in [1.807, 2.05) is 60.8 Å². The highest BCUT2D eigenvalue weighted by Crippen LogP contribution is 2.25. The van der Waals surface area contributed by atoms with Crippen LogP contribution in [-0.4, -0.2) is 21.1 Å². The number of rotatable bonds is 4. The third-order valence-corrected chi connectivity index (χ3v) is 3.92. The maximum absolute atomic E-state index is 12.2. The van der Waals surface area contributed by atoms with E-state index in [4.69, 9.17) is 0 Å². The Morgan fingerprint density at radius 3 is 2.75 bits per heavy atom. The average molecular weight is 316 g/mol. The Labute approximate surface area is 138 Å². The minimum Gasteiger partial charge on any atom is -0.354 e. The van der Waals surface area contributed by atoms with E-state index in [-0.39, 0.29) is 5.91 Å². The van der Waals surface area contributed by atoms with E-state index >= 15 is 0 Å². The van der Waals surface area contributed by atoms with Gasteiger partial charge in [0.15, 0.2) is 0 Å². The normalized spacial score (nSPS) is 10.8. The first-order chi connectivity index (χ1) is 11.8. The highest BCUT2D eigenvalue weighted by Gasteiger charge is 2.07. The van der Waals surface area contributed by atoms with E-state index in [1.54, 1.807) is 6.20 Å². The number of benzene rings is 2. The summed E-state index contributed by atoms with van der Waals surface area (Å²) in [5.41, 5.74) is 4.81. The van der Waals surface area contributed by atoms with Gasteiger partial charge in [-0.1, -0.05) is 30.3 Å². The van der Waals surface area contributed by atoms with Gasteiger partial charge >= 0.3 is 0 Å². The third-order valence-electron chi connectivity index (χ3n) is 3.92. The first kappa shape index (κ1) is 14.3. The van der Waals surface area contributed by atoms with E-state index in [1.165, 1.54) is 0 Å². The van der Waals surface area contributed by atoms with Crippen molar-refractivity contribution in [1.82, 2.24) is 15.2 Å². The Hall–Kier alpha value is -3.34. The molecule has 2 aromatic carbocycles. The van der Waals surface area contributed by atoms with Crippen LogP contribution in [0.15, 0.2) is 67.0 Å².